The zero-order valence-corrected chi connectivity index (χ0v) is 18.1. The molecule has 1 aromatic heterocycles. The molecule has 1 aliphatic heterocycles. The summed E-state index contributed by atoms with van der Waals surface area (Å²) in [5.74, 6) is -4.07. The largest absolute Gasteiger partial charge is 0.480 e. The average Bonchev–Trinajstić information content (AvgIpc) is 3.42. The zero-order chi connectivity index (χ0) is 23.8. The van der Waals surface area contributed by atoms with Gasteiger partial charge in [-0.15, -0.1) is 0 Å². The van der Waals surface area contributed by atoms with E-state index in [4.69, 9.17) is 11.5 Å². The number of hydrogen-bond donors (Lipinski definition) is 7. The Bertz CT molecular complexity index is 849. The molecule has 0 aliphatic carbocycles. The molecule has 4 unspecified atom stereocenters. The van der Waals surface area contributed by atoms with Crippen molar-refractivity contribution < 1.29 is 29.1 Å². The van der Waals surface area contributed by atoms with E-state index in [2.05, 4.69) is 33.2 Å². The Morgan fingerprint density at radius 1 is 1.25 bits per heavy atom. The molecule has 8 N–H and O–H groups in total. The van der Waals surface area contributed by atoms with Crippen molar-refractivity contribution in [1.29, 1.82) is 0 Å². The lowest BCUT2D eigenvalue weighted by Gasteiger charge is -2.28. The minimum absolute atomic E-state index is 0.0296. The Kier molecular flexibility index (Phi) is 9.02. The molecule has 4 amide bonds. The Labute approximate surface area is 189 Å². The number of rotatable bonds is 11. The summed E-state index contributed by atoms with van der Waals surface area (Å²) in [6.45, 7) is 0.250. The van der Waals surface area contributed by atoms with Crippen LogP contribution in [-0.4, -0.2) is 86.0 Å². The van der Waals surface area contributed by atoms with Gasteiger partial charge >= 0.3 is 5.97 Å². The topological polar surface area (TPSA) is 214 Å². The highest BCUT2D eigenvalue weighted by Gasteiger charge is 2.38. The summed E-state index contributed by atoms with van der Waals surface area (Å²) in [5.41, 5.74) is 11.2. The summed E-state index contributed by atoms with van der Waals surface area (Å²) in [6, 6.07) is -4.49. The number of primary amides is 1. The van der Waals surface area contributed by atoms with E-state index in [1.54, 1.807) is 0 Å². The second-order valence-corrected chi connectivity index (χ2v) is 7.76. The van der Waals surface area contributed by atoms with Gasteiger partial charge in [0.1, 0.15) is 18.1 Å². The molecule has 0 aromatic carbocycles. The zero-order valence-electron chi connectivity index (χ0n) is 17.2. The van der Waals surface area contributed by atoms with Crippen molar-refractivity contribution in [3.05, 3.63) is 18.2 Å². The van der Waals surface area contributed by atoms with Crippen molar-refractivity contribution in [2.75, 3.05) is 12.3 Å². The molecule has 0 saturated carbocycles. The highest BCUT2D eigenvalue weighted by Crippen LogP contribution is 2.19. The van der Waals surface area contributed by atoms with Crippen molar-refractivity contribution in [1.82, 2.24) is 25.5 Å². The number of thiol groups is 1. The van der Waals surface area contributed by atoms with Crippen molar-refractivity contribution in [2.45, 2.75) is 49.9 Å². The molecule has 1 aromatic rings. The number of nitrogens with two attached hydrogens (primary N) is 2. The number of carbonyl (C=O) groups excluding carboxylic acids is 4. The van der Waals surface area contributed by atoms with Gasteiger partial charge < -0.3 is 37.1 Å². The lowest BCUT2D eigenvalue weighted by Crippen LogP contribution is -2.58. The molecule has 176 valence electrons. The molecular formula is C18H27N7O6S. The Morgan fingerprint density at radius 3 is 2.50 bits per heavy atom. The van der Waals surface area contributed by atoms with Crippen molar-refractivity contribution in [3.8, 4) is 0 Å². The van der Waals surface area contributed by atoms with Crippen LogP contribution in [0.15, 0.2) is 12.5 Å². The lowest BCUT2D eigenvalue weighted by molar-refractivity contribution is -0.149. The van der Waals surface area contributed by atoms with Crippen LogP contribution in [0.4, 0.5) is 0 Å². The fourth-order valence-electron chi connectivity index (χ4n) is 3.36. The van der Waals surface area contributed by atoms with Crippen LogP contribution in [0.25, 0.3) is 0 Å². The first kappa shape index (κ1) is 25.1. The van der Waals surface area contributed by atoms with Crippen LogP contribution in [0.1, 0.15) is 25.0 Å². The molecule has 14 heteroatoms. The highest BCUT2D eigenvalue weighted by molar-refractivity contribution is 7.80. The van der Waals surface area contributed by atoms with Crippen LogP contribution in [0.3, 0.4) is 0 Å². The van der Waals surface area contributed by atoms with Crippen LogP contribution in [-0.2, 0) is 30.4 Å². The van der Waals surface area contributed by atoms with Gasteiger partial charge in [-0.25, -0.2) is 9.78 Å². The predicted octanol–water partition coefficient (Wildman–Crippen LogP) is -2.87. The number of carboxylic acids is 1. The number of hydrogen-bond acceptors (Lipinski definition) is 8. The molecule has 0 radical (unpaired) electrons. The van der Waals surface area contributed by atoms with E-state index >= 15 is 0 Å². The number of aromatic amines is 1. The molecule has 1 aliphatic rings. The average molecular weight is 470 g/mol. The summed E-state index contributed by atoms with van der Waals surface area (Å²) in [4.78, 5) is 68.5. The molecule has 1 saturated heterocycles. The van der Waals surface area contributed by atoms with E-state index in [9.17, 15) is 29.1 Å². The van der Waals surface area contributed by atoms with E-state index in [-0.39, 0.29) is 18.7 Å². The van der Waals surface area contributed by atoms with Gasteiger partial charge in [0.05, 0.1) is 18.8 Å². The number of H-pyrrole nitrogens is 1. The minimum Gasteiger partial charge on any atom is -0.480 e. The van der Waals surface area contributed by atoms with Crippen LogP contribution in [0, 0.1) is 0 Å². The summed E-state index contributed by atoms with van der Waals surface area (Å²) >= 11 is 4.06. The maximum absolute atomic E-state index is 13.1. The van der Waals surface area contributed by atoms with E-state index in [1.165, 1.54) is 17.4 Å². The van der Waals surface area contributed by atoms with Crippen molar-refractivity contribution in [2.24, 2.45) is 11.5 Å². The van der Waals surface area contributed by atoms with Crippen molar-refractivity contribution >= 4 is 42.2 Å². The van der Waals surface area contributed by atoms with Crippen LogP contribution >= 0.6 is 12.6 Å². The van der Waals surface area contributed by atoms with Gasteiger partial charge in [-0.2, -0.15) is 12.6 Å². The Hall–Kier alpha value is -3.13. The number of likely N-dealkylation sites (tertiary alicyclic amines) is 1. The van der Waals surface area contributed by atoms with Gasteiger partial charge in [0.2, 0.25) is 23.6 Å². The number of imidazole rings is 1. The summed E-state index contributed by atoms with van der Waals surface area (Å²) in [5, 5.41) is 14.3. The van der Waals surface area contributed by atoms with Gasteiger partial charge in [-0.1, -0.05) is 0 Å². The third kappa shape index (κ3) is 6.68. The maximum atomic E-state index is 13.1. The fourth-order valence-corrected chi connectivity index (χ4v) is 3.62. The molecule has 4 atom stereocenters. The number of nitrogens with zero attached hydrogens (tertiary/aromatic N) is 2. The smallest absolute Gasteiger partial charge is 0.326 e. The third-order valence-corrected chi connectivity index (χ3v) is 5.35. The first-order chi connectivity index (χ1) is 15.1. The van der Waals surface area contributed by atoms with Crippen molar-refractivity contribution in [3.63, 3.8) is 0 Å². The first-order valence-corrected chi connectivity index (χ1v) is 10.5. The van der Waals surface area contributed by atoms with E-state index in [0.29, 0.717) is 18.5 Å². The molecule has 0 bridgehead atoms. The molecule has 1 fully saturated rings. The predicted molar refractivity (Wildman–Crippen MR) is 114 cm³/mol. The summed E-state index contributed by atoms with van der Waals surface area (Å²) < 4.78 is 0. The minimum atomic E-state index is -1.24. The van der Waals surface area contributed by atoms with Gasteiger partial charge in [0.25, 0.3) is 0 Å². The maximum Gasteiger partial charge on any atom is 0.326 e. The molecule has 13 nitrogen and oxygen atoms in total. The quantitative estimate of drug-likeness (QED) is 0.167. The number of carbonyl (C=O) groups is 5. The molecule has 2 rings (SSSR count). The molecule has 2 heterocycles. The highest BCUT2D eigenvalue weighted by atomic mass is 32.1. The van der Waals surface area contributed by atoms with Gasteiger partial charge in [0.15, 0.2) is 0 Å². The van der Waals surface area contributed by atoms with Crippen LogP contribution < -0.4 is 22.1 Å². The monoisotopic (exact) mass is 469 g/mol. The van der Waals surface area contributed by atoms with Gasteiger partial charge in [-0.05, 0) is 12.8 Å². The van der Waals surface area contributed by atoms with Gasteiger partial charge in [-0.3, -0.25) is 19.2 Å². The second kappa shape index (κ2) is 11.5. The number of amides is 4. The second-order valence-electron chi connectivity index (χ2n) is 7.39. The molecular weight excluding hydrogens is 442 g/mol. The van der Waals surface area contributed by atoms with Gasteiger partial charge in [0, 0.05) is 30.6 Å². The first-order valence-electron chi connectivity index (χ1n) is 9.90. The third-order valence-electron chi connectivity index (χ3n) is 4.99. The summed E-state index contributed by atoms with van der Waals surface area (Å²) in [6.07, 6.45) is 3.36. The lowest BCUT2D eigenvalue weighted by atomic mass is 10.1. The standard InChI is InChI=1S/C18H27N7O6S/c19-10(5-14(20)26)15(27)24-12(7-32)16(28)23-11(4-9-6-21-8-22-9)17(29)25-3-1-2-13(25)18(30)31/h6,8,10-13,32H,1-5,7,19H2,(H2,20,26)(H,21,22)(H,23,28)(H,24,27)(H,30,31). The Balaban J connectivity index is 2.14. The number of aliphatic carboxylic acids is 1. The fraction of sp³-hybridized carbons (Fsp3) is 0.556. The summed E-state index contributed by atoms with van der Waals surface area (Å²) in [7, 11) is 0. The van der Waals surface area contributed by atoms with E-state index < -0.39 is 60.2 Å². The molecule has 0 spiro atoms. The van der Waals surface area contributed by atoms with E-state index in [1.807, 2.05) is 0 Å². The Morgan fingerprint density at radius 2 is 1.94 bits per heavy atom. The van der Waals surface area contributed by atoms with Crippen LogP contribution in [0.2, 0.25) is 0 Å². The number of aromatic nitrogens is 2. The number of nitrogens with one attached hydrogen (secondary N) is 3. The molecule has 32 heavy (non-hydrogen) atoms. The normalized spacial score (nSPS) is 18.4. The number of carboxylic acid groups (broad SMARTS) is 1. The van der Waals surface area contributed by atoms with Crippen LogP contribution in [0.5, 0.6) is 0 Å². The SMILES string of the molecule is NC(=O)CC(N)C(=O)NC(CS)C(=O)NC(Cc1cnc[nH]1)C(=O)N1CCCC1C(=O)O. The van der Waals surface area contributed by atoms with E-state index in [0.717, 1.165) is 0 Å².